The molecule has 0 saturated carbocycles. The van der Waals surface area contributed by atoms with Crippen molar-refractivity contribution in [1.82, 2.24) is 9.97 Å². The van der Waals surface area contributed by atoms with Gasteiger partial charge in [-0.1, -0.05) is 6.07 Å². The van der Waals surface area contributed by atoms with Crippen LogP contribution in [0.4, 0.5) is 0 Å². The minimum atomic E-state index is 0.165. The molecule has 4 nitrogen and oxygen atoms in total. The van der Waals surface area contributed by atoms with Gasteiger partial charge in [-0.15, -0.1) is 0 Å². The zero-order valence-electron chi connectivity index (χ0n) is 8.21. The third kappa shape index (κ3) is 2.43. The van der Waals surface area contributed by atoms with Crippen LogP contribution in [0.25, 0.3) is 0 Å². The van der Waals surface area contributed by atoms with Crippen LogP contribution in [-0.4, -0.2) is 15.1 Å². The number of aromatic nitrogens is 2. The smallest absolute Gasteiger partial charge is 0.222 e. The maximum atomic E-state index is 9.23. The Labute approximate surface area is 87.2 Å². The average molecular weight is 202 g/mol. The molecule has 76 valence electrons. The van der Waals surface area contributed by atoms with Crippen molar-refractivity contribution >= 4 is 0 Å². The second-order valence-electron chi connectivity index (χ2n) is 3.04. The Morgan fingerprint density at radius 2 is 2.13 bits per heavy atom. The van der Waals surface area contributed by atoms with Crippen molar-refractivity contribution in [3.8, 4) is 17.4 Å². The van der Waals surface area contributed by atoms with E-state index >= 15 is 0 Å². The summed E-state index contributed by atoms with van der Waals surface area (Å²) >= 11 is 0. The Morgan fingerprint density at radius 1 is 1.27 bits per heavy atom. The lowest BCUT2D eigenvalue weighted by Gasteiger charge is -2.04. The van der Waals surface area contributed by atoms with E-state index in [-0.39, 0.29) is 5.75 Å². The van der Waals surface area contributed by atoms with Gasteiger partial charge in [-0.3, -0.25) is 0 Å². The largest absolute Gasteiger partial charge is 0.508 e. The molecular weight excluding hydrogens is 192 g/mol. The van der Waals surface area contributed by atoms with Crippen molar-refractivity contribution in [1.29, 1.82) is 0 Å². The molecule has 0 bridgehead atoms. The van der Waals surface area contributed by atoms with Gasteiger partial charge in [-0.05, 0) is 19.1 Å². The second-order valence-corrected chi connectivity index (χ2v) is 3.04. The minimum Gasteiger partial charge on any atom is -0.508 e. The van der Waals surface area contributed by atoms with Crippen LogP contribution in [0.5, 0.6) is 17.4 Å². The third-order valence-corrected chi connectivity index (χ3v) is 1.79. The molecule has 0 atom stereocenters. The predicted molar refractivity (Wildman–Crippen MR) is 54.9 cm³/mol. The van der Waals surface area contributed by atoms with Gasteiger partial charge in [-0.2, -0.15) is 4.98 Å². The normalized spacial score (nSPS) is 9.93. The fourth-order valence-electron chi connectivity index (χ4n) is 1.16. The number of nitrogens with zero attached hydrogens (tertiary/aromatic N) is 2. The number of ether oxygens (including phenoxy) is 1. The summed E-state index contributed by atoms with van der Waals surface area (Å²) in [6.45, 7) is 1.79. The van der Waals surface area contributed by atoms with Gasteiger partial charge < -0.3 is 9.84 Å². The molecule has 1 N–H and O–H groups in total. The van der Waals surface area contributed by atoms with Crippen LogP contribution in [0.15, 0.2) is 36.5 Å². The Bertz CT molecular complexity index is 428. The van der Waals surface area contributed by atoms with E-state index in [9.17, 15) is 5.11 Å². The standard InChI is InChI=1S/C11H10N2O2/c1-8-12-6-5-11(13-8)15-10-4-2-3-9(14)7-10/h2-7,14H,1H3. The van der Waals surface area contributed by atoms with E-state index in [1.54, 1.807) is 37.4 Å². The van der Waals surface area contributed by atoms with Crippen molar-refractivity contribution < 1.29 is 9.84 Å². The maximum Gasteiger partial charge on any atom is 0.222 e. The highest BCUT2D eigenvalue weighted by Gasteiger charge is 1.99. The number of aromatic hydroxyl groups is 1. The first-order valence-electron chi connectivity index (χ1n) is 4.50. The second kappa shape index (κ2) is 3.96. The lowest BCUT2D eigenvalue weighted by molar-refractivity contribution is 0.443. The number of hydrogen-bond acceptors (Lipinski definition) is 4. The average Bonchev–Trinajstić information content (AvgIpc) is 2.17. The number of phenolic OH excluding ortho intramolecular Hbond substituents is 1. The molecular formula is C11H10N2O2. The van der Waals surface area contributed by atoms with Crippen LogP contribution in [0.1, 0.15) is 5.82 Å². The highest BCUT2D eigenvalue weighted by molar-refractivity contribution is 5.34. The van der Waals surface area contributed by atoms with E-state index in [0.717, 1.165) is 0 Å². The molecule has 0 amide bonds. The Balaban J connectivity index is 2.22. The molecule has 0 aliphatic heterocycles. The molecule has 0 spiro atoms. The Morgan fingerprint density at radius 3 is 2.87 bits per heavy atom. The van der Waals surface area contributed by atoms with Crippen LogP contribution in [0.3, 0.4) is 0 Å². The van der Waals surface area contributed by atoms with Crippen molar-refractivity contribution in [2.45, 2.75) is 6.92 Å². The highest BCUT2D eigenvalue weighted by atomic mass is 16.5. The van der Waals surface area contributed by atoms with E-state index in [2.05, 4.69) is 9.97 Å². The molecule has 0 saturated heterocycles. The SMILES string of the molecule is Cc1nccc(Oc2cccc(O)c2)n1. The minimum absolute atomic E-state index is 0.165. The molecule has 0 unspecified atom stereocenters. The Kier molecular flexibility index (Phi) is 2.49. The summed E-state index contributed by atoms with van der Waals surface area (Å²) < 4.78 is 5.43. The van der Waals surface area contributed by atoms with Crippen molar-refractivity contribution in [3.63, 3.8) is 0 Å². The van der Waals surface area contributed by atoms with Crippen molar-refractivity contribution in [2.75, 3.05) is 0 Å². The van der Waals surface area contributed by atoms with Crippen LogP contribution in [0, 0.1) is 6.92 Å². The molecule has 4 heteroatoms. The van der Waals surface area contributed by atoms with Gasteiger partial charge in [0.1, 0.15) is 17.3 Å². The van der Waals surface area contributed by atoms with E-state index in [0.29, 0.717) is 17.5 Å². The summed E-state index contributed by atoms with van der Waals surface area (Å²) in [6.07, 6.45) is 1.63. The molecule has 2 aromatic rings. The molecule has 1 heterocycles. The number of rotatable bonds is 2. The first-order valence-corrected chi connectivity index (χ1v) is 4.50. The van der Waals surface area contributed by atoms with Gasteiger partial charge >= 0.3 is 0 Å². The fraction of sp³-hybridized carbons (Fsp3) is 0.0909. The number of aryl methyl sites for hydroxylation is 1. The first kappa shape index (κ1) is 9.45. The van der Waals surface area contributed by atoms with Gasteiger partial charge in [0.15, 0.2) is 0 Å². The van der Waals surface area contributed by atoms with Crippen molar-refractivity contribution in [2.24, 2.45) is 0 Å². The number of hydrogen-bond donors (Lipinski definition) is 1. The molecule has 0 radical (unpaired) electrons. The zero-order valence-corrected chi connectivity index (χ0v) is 8.21. The number of benzene rings is 1. The molecule has 1 aromatic carbocycles. The van der Waals surface area contributed by atoms with Crippen molar-refractivity contribution in [3.05, 3.63) is 42.4 Å². The number of phenols is 1. The molecule has 2 rings (SSSR count). The van der Waals surface area contributed by atoms with Gasteiger partial charge in [0.25, 0.3) is 0 Å². The topological polar surface area (TPSA) is 55.2 Å². The molecule has 0 aliphatic rings. The summed E-state index contributed by atoms with van der Waals surface area (Å²) in [6, 6.07) is 8.22. The first-order chi connectivity index (χ1) is 7.24. The summed E-state index contributed by atoms with van der Waals surface area (Å²) in [5.74, 6) is 1.83. The van der Waals surface area contributed by atoms with Crippen LogP contribution < -0.4 is 4.74 Å². The quantitative estimate of drug-likeness (QED) is 0.811. The van der Waals surface area contributed by atoms with Crippen LogP contribution in [-0.2, 0) is 0 Å². The monoisotopic (exact) mass is 202 g/mol. The van der Waals surface area contributed by atoms with E-state index in [1.165, 1.54) is 6.07 Å². The van der Waals surface area contributed by atoms with E-state index < -0.39 is 0 Å². The summed E-state index contributed by atoms with van der Waals surface area (Å²) in [5.41, 5.74) is 0. The fourth-order valence-corrected chi connectivity index (χ4v) is 1.16. The lowest BCUT2D eigenvalue weighted by atomic mass is 10.3. The highest BCUT2D eigenvalue weighted by Crippen LogP contribution is 2.22. The third-order valence-electron chi connectivity index (χ3n) is 1.79. The van der Waals surface area contributed by atoms with Crippen LogP contribution >= 0.6 is 0 Å². The van der Waals surface area contributed by atoms with Gasteiger partial charge in [0, 0.05) is 18.3 Å². The van der Waals surface area contributed by atoms with Gasteiger partial charge in [0.05, 0.1) is 0 Å². The summed E-state index contributed by atoms with van der Waals surface area (Å²) in [5, 5.41) is 9.23. The molecule has 1 aromatic heterocycles. The predicted octanol–water partition coefficient (Wildman–Crippen LogP) is 2.28. The summed E-state index contributed by atoms with van der Waals surface area (Å²) in [7, 11) is 0. The van der Waals surface area contributed by atoms with Crippen LogP contribution in [0.2, 0.25) is 0 Å². The lowest BCUT2D eigenvalue weighted by Crippen LogP contribution is -1.91. The van der Waals surface area contributed by atoms with E-state index in [4.69, 9.17) is 4.74 Å². The van der Waals surface area contributed by atoms with Gasteiger partial charge in [-0.25, -0.2) is 4.98 Å². The van der Waals surface area contributed by atoms with Gasteiger partial charge in [0.2, 0.25) is 5.88 Å². The maximum absolute atomic E-state index is 9.23. The van der Waals surface area contributed by atoms with E-state index in [1.807, 2.05) is 0 Å². The molecule has 0 fully saturated rings. The molecule has 15 heavy (non-hydrogen) atoms. The zero-order chi connectivity index (χ0) is 10.7. The molecule has 0 aliphatic carbocycles. The summed E-state index contributed by atoms with van der Waals surface area (Å²) in [4.78, 5) is 8.04. The Hall–Kier alpha value is -2.10.